The van der Waals surface area contributed by atoms with Crippen molar-refractivity contribution in [3.63, 3.8) is 0 Å². The number of halogens is 3. The maximum atomic E-state index is 12.9. The minimum Gasteiger partial charge on any atom is -0.294 e. The molecule has 7 heteroatoms. The minimum atomic E-state index is -4.48. The predicted molar refractivity (Wildman–Crippen MR) is 114 cm³/mol. The lowest BCUT2D eigenvalue weighted by Gasteiger charge is -2.08. The van der Waals surface area contributed by atoms with E-state index in [2.05, 4.69) is 21.8 Å². The van der Waals surface area contributed by atoms with Crippen LogP contribution < -0.4 is 0 Å². The number of hydrogen-bond donors (Lipinski definition) is 0. The largest absolute Gasteiger partial charge is 0.416 e. The molecule has 0 aliphatic rings. The zero-order chi connectivity index (χ0) is 22.9. The smallest absolute Gasteiger partial charge is 0.294 e. The number of hydrogen-bond acceptors (Lipinski definition) is 3. The van der Waals surface area contributed by atoms with Crippen LogP contribution in [0.4, 0.5) is 13.2 Å². The molecule has 3 aromatic heterocycles. The van der Waals surface area contributed by atoms with E-state index in [-0.39, 0.29) is 17.9 Å². The summed E-state index contributed by atoms with van der Waals surface area (Å²) < 4.78 is 40.6. The van der Waals surface area contributed by atoms with Crippen molar-refractivity contribution in [3.8, 4) is 11.8 Å². The Bertz CT molecular complexity index is 1390. The minimum absolute atomic E-state index is 0.0686. The lowest BCUT2D eigenvalue weighted by atomic mass is 10.00. The van der Waals surface area contributed by atoms with E-state index in [1.54, 1.807) is 24.4 Å². The number of fused-ring (bicyclic) bond motifs is 1. The molecule has 0 N–H and O–H groups in total. The van der Waals surface area contributed by atoms with Gasteiger partial charge in [-0.15, -0.1) is 0 Å². The van der Waals surface area contributed by atoms with E-state index in [0.717, 1.165) is 35.1 Å². The van der Waals surface area contributed by atoms with E-state index in [1.165, 1.54) is 0 Å². The van der Waals surface area contributed by atoms with Gasteiger partial charge in [-0.1, -0.05) is 24.1 Å². The van der Waals surface area contributed by atoms with Gasteiger partial charge in [0.25, 0.3) is 0 Å². The molecule has 0 spiro atoms. The maximum absolute atomic E-state index is 12.9. The third kappa shape index (κ3) is 4.40. The van der Waals surface area contributed by atoms with Crippen molar-refractivity contribution in [2.24, 2.45) is 0 Å². The molecule has 0 fully saturated rings. The summed E-state index contributed by atoms with van der Waals surface area (Å²) >= 11 is 0. The van der Waals surface area contributed by atoms with E-state index in [1.807, 2.05) is 36.6 Å². The second-order valence-corrected chi connectivity index (χ2v) is 7.44. The van der Waals surface area contributed by atoms with E-state index in [4.69, 9.17) is 0 Å². The molecule has 0 radical (unpaired) electrons. The Kier molecular flexibility index (Phi) is 5.54. The molecule has 32 heavy (non-hydrogen) atoms. The number of ketones is 1. The van der Waals surface area contributed by atoms with Crippen LogP contribution in [0.2, 0.25) is 0 Å². The van der Waals surface area contributed by atoms with Gasteiger partial charge < -0.3 is 0 Å². The van der Waals surface area contributed by atoms with Crippen LogP contribution in [0.15, 0.2) is 61.1 Å². The average Bonchev–Trinajstić information content (AvgIpc) is 3.17. The molecule has 0 unspecified atom stereocenters. The first-order valence-corrected chi connectivity index (χ1v) is 9.83. The summed E-state index contributed by atoms with van der Waals surface area (Å²) in [4.78, 5) is 21.0. The molecule has 3 heterocycles. The Morgan fingerprint density at radius 1 is 1.03 bits per heavy atom. The number of Topliss-reactive ketones (excluding diaryl/α,β-unsaturated/α-hetero) is 1. The van der Waals surface area contributed by atoms with Gasteiger partial charge in [0.15, 0.2) is 5.78 Å². The highest BCUT2D eigenvalue weighted by atomic mass is 19.4. The summed E-state index contributed by atoms with van der Waals surface area (Å²) in [5.74, 6) is 5.85. The Morgan fingerprint density at radius 3 is 2.62 bits per heavy atom. The van der Waals surface area contributed by atoms with Crippen LogP contribution >= 0.6 is 0 Å². The van der Waals surface area contributed by atoms with Crippen LogP contribution in [0.5, 0.6) is 0 Å². The van der Waals surface area contributed by atoms with Crippen LogP contribution in [-0.4, -0.2) is 20.2 Å². The molecule has 0 amide bonds. The summed E-state index contributed by atoms with van der Waals surface area (Å²) in [5, 5.41) is 0. The van der Waals surface area contributed by atoms with Crippen LogP contribution in [0, 0.1) is 25.7 Å². The quantitative estimate of drug-likeness (QED) is 0.330. The zero-order valence-corrected chi connectivity index (χ0v) is 17.4. The predicted octanol–water partition coefficient (Wildman–Crippen LogP) is 5.19. The number of pyridine rings is 2. The van der Waals surface area contributed by atoms with Crippen molar-refractivity contribution in [1.29, 1.82) is 0 Å². The molecule has 0 atom stereocenters. The van der Waals surface area contributed by atoms with Crippen molar-refractivity contribution < 1.29 is 18.0 Å². The lowest BCUT2D eigenvalue weighted by Crippen LogP contribution is -2.09. The van der Waals surface area contributed by atoms with Crippen molar-refractivity contribution in [1.82, 2.24) is 14.4 Å². The van der Waals surface area contributed by atoms with Gasteiger partial charge in [0.1, 0.15) is 11.3 Å². The summed E-state index contributed by atoms with van der Waals surface area (Å²) in [7, 11) is 0. The maximum Gasteiger partial charge on any atom is 0.416 e. The molecule has 4 aromatic rings. The van der Waals surface area contributed by atoms with E-state index in [9.17, 15) is 18.0 Å². The second kappa shape index (κ2) is 8.31. The average molecular weight is 433 g/mol. The molecular formula is C25H18F3N3O. The molecule has 0 bridgehead atoms. The molecule has 160 valence electrons. The standard InChI is InChI=1S/C25H18F3N3O/c1-16-5-6-19(23(32)14-21-13-20(9-10-29-21)25(26,27)28)12-18(16)7-8-22-15-30-24-17(2)4-3-11-31(22)24/h3-6,9-13,15H,14H2,1-2H3. The highest BCUT2D eigenvalue weighted by Crippen LogP contribution is 2.29. The first-order valence-electron chi connectivity index (χ1n) is 9.83. The number of carbonyl (C=O) groups is 1. The fourth-order valence-electron chi connectivity index (χ4n) is 3.32. The Hall–Kier alpha value is -3.92. The summed E-state index contributed by atoms with van der Waals surface area (Å²) in [6.07, 6.45) is -0.0710. The number of imidazole rings is 1. The van der Waals surface area contributed by atoms with Crippen molar-refractivity contribution in [3.05, 3.63) is 100 Å². The Balaban J connectivity index is 1.60. The van der Waals surface area contributed by atoms with Crippen LogP contribution in [0.25, 0.3) is 5.65 Å². The third-order valence-corrected chi connectivity index (χ3v) is 5.10. The summed E-state index contributed by atoms with van der Waals surface area (Å²) in [5.41, 5.74) is 3.74. The fourth-order valence-corrected chi connectivity index (χ4v) is 3.32. The summed E-state index contributed by atoms with van der Waals surface area (Å²) in [6, 6.07) is 10.8. The van der Waals surface area contributed by atoms with Gasteiger partial charge in [-0.2, -0.15) is 13.2 Å². The molecule has 1 aromatic carbocycles. The Labute approximate surface area is 182 Å². The fraction of sp³-hybridized carbons (Fsp3) is 0.160. The number of nitrogens with zero attached hydrogens (tertiary/aromatic N) is 3. The van der Waals surface area contributed by atoms with Crippen LogP contribution in [-0.2, 0) is 12.6 Å². The number of carbonyl (C=O) groups excluding carboxylic acids is 1. The number of alkyl halides is 3. The number of rotatable bonds is 3. The van der Waals surface area contributed by atoms with Gasteiger partial charge in [-0.3, -0.25) is 14.2 Å². The molecule has 0 saturated heterocycles. The third-order valence-electron chi connectivity index (χ3n) is 5.10. The van der Waals surface area contributed by atoms with Gasteiger partial charge >= 0.3 is 6.18 Å². The van der Waals surface area contributed by atoms with Crippen molar-refractivity contribution >= 4 is 11.4 Å². The SMILES string of the molecule is Cc1ccc(C(=O)Cc2cc(C(F)(F)F)ccn2)cc1C#Cc1cnc2c(C)cccn12. The van der Waals surface area contributed by atoms with Gasteiger partial charge in [-0.05, 0) is 55.2 Å². The molecule has 4 nitrogen and oxygen atoms in total. The molecule has 4 rings (SSSR count). The van der Waals surface area contributed by atoms with Gasteiger partial charge in [-0.25, -0.2) is 4.98 Å². The van der Waals surface area contributed by atoms with Crippen molar-refractivity contribution in [2.75, 3.05) is 0 Å². The lowest BCUT2D eigenvalue weighted by molar-refractivity contribution is -0.137. The number of aryl methyl sites for hydroxylation is 2. The monoisotopic (exact) mass is 433 g/mol. The van der Waals surface area contributed by atoms with Gasteiger partial charge in [0.2, 0.25) is 0 Å². The Morgan fingerprint density at radius 2 is 1.84 bits per heavy atom. The topological polar surface area (TPSA) is 47.3 Å². The normalized spacial score (nSPS) is 11.3. The number of aromatic nitrogens is 3. The zero-order valence-electron chi connectivity index (χ0n) is 17.4. The first-order chi connectivity index (χ1) is 15.2. The highest BCUT2D eigenvalue weighted by molar-refractivity contribution is 5.97. The van der Waals surface area contributed by atoms with Crippen molar-refractivity contribution in [2.45, 2.75) is 26.4 Å². The van der Waals surface area contributed by atoms with E-state index < -0.39 is 11.7 Å². The van der Waals surface area contributed by atoms with E-state index >= 15 is 0 Å². The van der Waals surface area contributed by atoms with E-state index in [0.29, 0.717) is 16.8 Å². The van der Waals surface area contributed by atoms with Crippen LogP contribution in [0.1, 0.15) is 44.0 Å². The van der Waals surface area contributed by atoms with Crippen LogP contribution in [0.3, 0.4) is 0 Å². The first kappa shape index (κ1) is 21.3. The van der Waals surface area contributed by atoms with Gasteiger partial charge in [0, 0.05) is 29.2 Å². The second-order valence-electron chi connectivity index (χ2n) is 7.44. The summed E-state index contributed by atoms with van der Waals surface area (Å²) in [6.45, 7) is 3.85. The molecule has 0 aliphatic carbocycles. The number of benzene rings is 1. The molecule has 0 aliphatic heterocycles. The highest BCUT2D eigenvalue weighted by Gasteiger charge is 2.30. The molecule has 0 saturated carbocycles. The van der Waals surface area contributed by atoms with Gasteiger partial charge in [0.05, 0.1) is 18.2 Å². The molecular weight excluding hydrogens is 415 g/mol.